The fourth-order valence-electron chi connectivity index (χ4n) is 1.58. The number of nitrogens with two attached hydrogens (primary N) is 2. The van der Waals surface area contributed by atoms with Crippen LogP contribution in [-0.4, -0.2) is 23.0 Å². The number of hydrogen-bond acceptors (Lipinski definition) is 3. The molecule has 0 heterocycles. The third-order valence-electron chi connectivity index (χ3n) is 2.46. The molecule has 5 heteroatoms. The third-order valence-corrected chi connectivity index (χ3v) is 2.46. The summed E-state index contributed by atoms with van der Waals surface area (Å²) < 4.78 is 0. The molecule has 1 rings (SSSR count). The minimum absolute atomic E-state index is 0.0194. The van der Waals surface area contributed by atoms with Crippen molar-refractivity contribution < 1.29 is 9.90 Å². The van der Waals surface area contributed by atoms with Crippen LogP contribution in [0.25, 0.3) is 0 Å². The van der Waals surface area contributed by atoms with E-state index in [0.717, 1.165) is 5.56 Å². The SMILES string of the molecule is N=C(N)c1cccc(C[C@H](N)CCC(=O)O)c1. The number of benzene rings is 1. The third kappa shape index (κ3) is 4.65. The smallest absolute Gasteiger partial charge is 0.303 e. The summed E-state index contributed by atoms with van der Waals surface area (Å²) >= 11 is 0. The number of amidine groups is 1. The fourth-order valence-corrected chi connectivity index (χ4v) is 1.58. The lowest BCUT2D eigenvalue weighted by atomic mass is 10.0. The van der Waals surface area contributed by atoms with E-state index in [0.29, 0.717) is 18.4 Å². The van der Waals surface area contributed by atoms with Crippen molar-refractivity contribution in [2.24, 2.45) is 11.5 Å². The number of carboxylic acids is 1. The lowest BCUT2D eigenvalue weighted by molar-refractivity contribution is -0.137. The summed E-state index contributed by atoms with van der Waals surface area (Å²) in [6.45, 7) is 0. The molecular formula is C12H17N3O2. The van der Waals surface area contributed by atoms with Crippen molar-refractivity contribution in [2.45, 2.75) is 25.3 Å². The number of carboxylic acid groups (broad SMARTS) is 1. The Kier molecular flexibility index (Phi) is 4.66. The first-order valence-electron chi connectivity index (χ1n) is 5.39. The predicted molar refractivity (Wildman–Crippen MR) is 66.0 cm³/mol. The molecule has 0 fully saturated rings. The molecule has 0 aliphatic heterocycles. The lowest BCUT2D eigenvalue weighted by Crippen LogP contribution is -2.24. The monoisotopic (exact) mass is 235 g/mol. The van der Waals surface area contributed by atoms with Crippen LogP contribution in [-0.2, 0) is 11.2 Å². The molecule has 0 bridgehead atoms. The Labute approximate surface area is 99.9 Å². The molecule has 0 saturated heterocycles. The van der Waals surface area contributed by atoms with Crippen LogP contribution in [0.2, 0.25) is 0 Å². The van der Waals surface area contributed by atoms with Crippen molar-refractivity contribution in [3.8, 4) is 0 Å². The molecule has 0 saturated carbocycles. The van der Waals surface area contributed by atoms with E-state index in [1.54, 1.807) is 6.07 Å². The van der Waals surface area contributed by atoms with E-state index < -0.39 is 5.97 Å². The Morgan fingerprint density at radius 2 is 2.18 bits per heavy atom. The molecule has 0 amide bonds. The van der Waals surface area contributed by atoms with Crippen molar-refractivity contribution >= 4 is 11.8 Å². The zero-order chi connectivity index (χ0) is 12.8. The highest BCUT2D eigenvalue weighted by atomic mass is 16.4. The van der Waals surface area contributed by atoms with Gasteiger partial charge in [-0.15, -0.1) is 0 Å². The molecular weight excluding hydrogens is 218 g/mol. The summed E-state index contributed by atoms with van der Waals surface area (Å²) in [5, 5.41) is 15.9. The van der Waals surface area contributed by atoms with Gasteiger partial charge in [0.1, 0.15) is 5.84 Å². The van der Waals surface area contributed by atoms with Crippen molar-refractivity contribution in [1.29, 1.82) is 5.41 Å². The van der Waals surface area contributed by atoms with Crippen LogP contribution in [0.5, 0.6) is 0 Å². The van der Waals surface area contributed by atoms with Gasteiger partial charge in [-0.25, -0.2) is 0 Å². The van der Waals surface area contributed by atoms with Crippen LogP contribution in [0.1, 0.15) is 24.0 Å². The molecule has 0 aliphatic rings. The first-order valence-corrected chi connectivity index (χ1v) is 5.39. The van der Waals surface area contributed by atoms with Gasteiger partial charge in [-0.05, 0) is 24.5 Å². The van der Waals surface area contributed by atoms with Gasteiger partial charge in [-0.2, -0.15) is 0 Å². The second-order valence-electron chi connectivity index (χ2n) is 4.01. The van der Waals surface area contributed by atoms with E-state index in [4.69, 9.17) is 22.0 Å². The molecule has 5 nitrogen and oxygen atoms in total. The zero-order valence-corrected chi connectivity index (χ0v) is 9.52. The van der Waals surface area contributed by atoms with Gasteiger partial charge in [0.05, 0.1) is 0 Å². The molecule has 0 radical (unpaired) electrons. The second kappa shape index (κ2) is 6.00. The second-order valence-corrected chi connectivity index (χ2v) is 4.01. The quantitative estimate of drug-likeness (QED) is 0.429. The van der Waals surface area contributed by atoms with Gasteiger partial charge in [0.2, 0.25) is 0 Å². The Bertz CT molecular complexity index is 418. The Balaban J connectivity index is 2.58. The zero-order valence-electron chi connectivity index (χ0n) is 9.52. The molecule has 1 aromatic carbocycles. The first kappa shape index (κ1) is 13.2. The van der Waals surface area contributed by atoms with Gasteiger partial charge in [-0.3, -0.25) is 10.2 Å². The normalized spacial score (nSPS) is 12.1. The Hall–Kier alpha value is -1.88. The predicted octanol–water partition coefficient (Wildman–Crippen LogP) is 0.705. The van der Waals surface area contributed by atoms with Crippen LogP contribution in [0.15, 0.2) is 24.3 Å². The molecule has 92 valence electrons. The highest BCUT2D eigenvalue weighted by Gasteiger charge is 2.07. The minimum atomic E-state index is -0.835. The maximum Gasteiger partial charge on any atom is 0.303 e. The number of rotatable bonds is 6. The van der Waals surface area contributed by atoms with Gasteiger partial charge in [0.15, 0.2) is 0 Å². The van der Waals surface area contributed by atoms with E-state index in [9.17, 15) is 4.79 Å². The summed E-state index contributed by atoms with van der Waals surface area (Å²) in [6, 6.07) is 7.09. The van der Waals surface area contributed by atoms with Gasteiger partial charge < -0.3 is 16.6 Å². The van der Waals surface area contributed by atoms with E-state index in [1.807, 2.05) is 18.2 Å². The summed E-state index contributed by atoms with van der Waals surface area (Å²) in [5.41, 5.74) is 12.8. The molecule has 17 heavy (non-hydrogen) atoms. The van der Waals surface area contributed by atoms with E-state index in [1.165, 1.54) is 0 Å². The van der Waals surface area contributed by atoms with Crippen LogP contribution in [0.4, 0.5) is 0 Å². The molecule has 0 spiro atoms. The highest BCUT2D eigenvalue weighted by Crippen LogP contribution is 2.09. The molecule has 1 aromatic rings. The van der Waals surface area contributed by atoms with Gasteiger partial charge in [0.25, 0.3) is 0 Å². The average Bonchev–Trinajstić information content (AvgIpc) is 2.26. The van der Waals surface area contributed by atoms with Crippen LogP contribution in [0, 0.1) is 5.41 Å². The molecule has 6 N–H and O–H groups in total. The maximum atomic E-state index is 10.4. The average molecular weight is 235 g/mol. The Morgan fingerprint density at radius 3 is 2.76 bits per heavy atom. The molecule has 1 atom stereocenters. The van der Waals surface area contributed by atoms with E-state index in [-0.39, 0.29) is 18.3 Å². The number of carbonyl (C=O) groups is 1. The van der Waals surface area contributed by atoms with Crippen LogP contribution >= 0.6 is 0 Å². The summed E-state index contributed by atoms with van der Waals surface area (Å²) in [4.78, 5) is 10.4. The topological polar surface area (TPSA) is 113 Å². The van der Waals surface area contributed by atoms with Crippen molar-refractivity contribution in [1.82, 2.24) is 0 Å². The lowest BCUT2D eigenvalue weighted by Gasteiger charge is -2.11. The van der Waals surface area contributed by atoms with Gasteiger partial charge in [-0.1, -0.05) is 18.2 Å². The maximum absolute atomic E-state index is 10.4. The standard InChI is InChI=1S/C12H17N3O2/c13-10(4-5-11(16)17)7-8-2-1-3-9(6-8)12(14)15/h1-3,6,10H,4-5,7,13H2,(H3,14,15)(H,16,17)/t10-/m1/s1. The van der Waals surface area contributed by atoms with Crippen molar-refractivity contribution in [3.05, 3.63) is 35.4 Å². The highest BCUT2D eigenvalue weighted by molar-refractivity contribution is 5.95. The van der Waals surface area contributed by atoms with Gasteiger partial charge in [0, 0.05) is 18.0 Å². The van der Waals surface area contributed by atoms with Gasteiger partial charge >= 0.3 is 5.97 Å². The van der Waals surface area contributed by atoms with E-state index in [2.05, 4.69) is 0 Å². The minimum Gasteiger partial charge on any atom is -0.481 e. The van der Waals surface area contributed by atoms with Crippen LogP contribution in [0.3, 0.4) is 0 Å². The molecule has 0 aromatic heterocycles. The van der Waals surface area contributed by atoms with Crippen LogP contribution < -0.4 is 11.5 Å². The van der Waals surface area contributed by atoms with Crippen molar-refractivity contribution in [2.75, 3.05) is 0 Å². The summed E-state index contributed by atoms with van der Waals surface area (Å²) in [7, 11) is 0. The number of hydrogen-bond donors (Lipinski definition) is 4. The molecule has 0 aliphatic carbocycles. The first-order chi connectivity index (χ1) is 7.99. The number of nitrogens with one attached hydrogen (secondary N) is 1. The summed E-state index contributed by atoms with van der Waals surface area (Å²) in [5.74, 6) is -0.816. The van der Waals surface area contributed by atoms with Crippen molar-refractivity contribution in [3.63, 3.8) is 0 Å². The number of nitrogen functional groups attached to an aromatic ring is 1. The van der Waals surface area contributed by atoms with E-state index >= 15 is 0 Å². The summed E-state index contributed by atoms with van der Waals surface area (Å²) in [6.07, 6.45) is 1.11. The Morgan fingerprint density at radius 1 is 1.47 bits per heavy atom. The molecule has 0 unspecified atom stereocenters. The number of aliphatic carboxylic acids is 1. The largest absolute Gasteiger partial charge is 0.481 e. The fraction of sp³-hybridized carbons (Fsp3) is 0.333.